The molecule has 1 aliphatic rings. The highest BCUT2D eigenvalue weighted by Gasteiger charge is 2.32. The van der Waals surface area contributed by atoms with E-state index in [1.807, 2.05) is 6.92 Å². The van der Waals surface area contributed by atoms with Gasteiger partial charge in [0, 0.05) is 11.6 Å². The number of fused-ring (bicyclic) bond motifs is 1. The van der Waals surface area contributed by atoms with Crippen molar-refractivity contribution in [3.63, 3.8) is 0 Å². The predicted molar refractivity (Wildman–Crippen MR) is 64.2 cm³/mol. The lowest BCUT2D eigenvalue weighted by molar-refractivity contribution is 0.315. The second-order valence-corrected chi connectivity index (χ2v) is 4.97. The Hall–Kier alpha value is -0.910. The SMILES string of the molecule is CC1(C#N)CCCOc2cc(Cl)c(Cl)cc21. The summed E-state index contributed by atoms with van der Waals surface area (Å²) in [5, 5.41) is 10.2. The maximum Gasteiger partial charge on any atom is 0.125 e. The molecule has 0 radical (unpaired) electrons. The molecule has 1 aliphatic heterocycles. The van der Waals surface area contributed by atoms with E-state index in [0.29, 0.717) is 22.4 Å². The van der Waals surface area contributed by atoms with Gasteiger partial charge in [0.25, 0.3) is 0 Å². The Morgan fingerprint density at radius 2 is 2.06 bits per heavy atom. The second kappa shape index (κ2) is 4.16. The second-order valence-electron chi connectivity index (χ2n) is 4.16. The zero-order chi connectivity index (χ0) is 11.8. The number of nitriles is 1. The molecule has 0 saturated heterocycles. The third-order valence-corrected chi connectivity index (χ3v) is 3.66. The minimum atomic E-state index is -0.542. The number of rotatable bonds is 0. The van der Waals surface area contributed by atoms with Gasteiger partial charge in [-0.25, -0.2) is 0 Å². The fourth-order valence-electron chi connectivity index (χ4n) is 1.94. The first-order valence-corrected chi connectivity index (χ1v) is 5.86. The number of hydrogen-bond donors (Lipinski definition) is 0. The van der Waals surface area contributed by atoms with E-state index < -0.39 is 5.41 Å². The summed E-state index contributed by atoms with van der Waals surface area (Å²) in [5.74, 6) is 0.677. The number of ether oxygens (including phenoxy) is 1. The average molecular weight is 256 g/mol. The van der Waals surface area contributed by atoms with Crippen molar-refractivity contribution in [2.75, 3.05) is 6.61 Å². The summed E-state index contributed by atoms with van der Waals surface area (Å²) in [5.41, 5.74) is 0.293. The van der Waals surface area contributed by atoms with Crippen LogP contribution in [0.15, 0.2) is 12.1 Å². The van der Waals surface area contributed by atoms with Gasteiger partial charge in [0.1, 0.15) is 5.75 Å². The Balaban J connectivity index is 2.62. The largest absolute Gasteiger partial charge is 0.493 e. The monoisotopic (exact) mass is 255 g/mol. The normalized spacial score (nSPS) is 23.9. The fraction of sp³-hybridized carbons (Fsp3) is 0.417. The average Bonchev–Trinajstić information content (AvgIpc) is 2.42. The summed E-state index contributed by atoms with van der Waals surface area (Å²) in [6, 6.07) is 5.78. The first kappa shape index (κ1) is 11.6. The molecule has 0 fully saturated rings. The molecule has 0 bridgehead atoms. The van der Waals surface area contributed by atoms with Gasteiger partial charge < -0.3 is 4.74 Å². The maximum absolute atomic E-state index is 9.30. The Bertz CT molecular complexity index is 467. The van der Waals surface area contributed by atoms with Crippen molar-refractivity contribution in [2.24, 2.45) is 0 Å². The maximum atomic E-state index is 9.30. The molecule has 1 unspecified atom stereocenters. The lowest BCUT2D eigenvalue weighted by Gasteiger charge is -2.21. The Morgan fingerprint density at radius 3 is 2.75 bits per heavy atom. The topological polar surface area (TPSA) is 33.0 Å². The van der Waals surface area contributed by atoms with Crippen LogP contribution in [0.25, 0.3) is 0 Å². The lowest BCUT2D eigenvalue weighted by atomic mass is 9.80. The van der Waals surface area contributed by atoms with E-state index in [4.69, 9.17) is 27.9 Å². The van der Waals surface area contributed by atoms with E-state index in [2.05, 4.69) is 6.07 Å². The van der Waals surface area contributed by atoms with Crippen LogP contribution in [0, 0.1) is 11.3 Å². The Labute approximate surface area is 105 Å². The van der Waals surface area contributed by atoms with Gasteiger partial charge in [-0.1, -0.05) is 23.2 Å². The molecule has 0 amide bonds. The van der Waals surface area contributed by atoms with E-state index in [1.54, 1.807) is 12.1 Å². The zero-order valence-corrected chi connectivity index (χ0v) is 10.4. The van der Waals surface area contributed by atoms with Gasteiger partial charge in [0.2, 0.25) is 0 Å². The number of benzene rings is 1. The molecule has 0 aliphatic carbocycles. The lowest BCUT2D eigenvalue weighted by Crippen LogP contribution is -2.18. The number of nitrogens with zero attached hydrogens (tertiary/aromatic N) is 1. The van der Waals surface area contributed by atoms with Gasteiger partial charge >= 0.3 is 0 Å². The van der Waals surface area contributed by atoms with Crippen molar-refractivity contribution >= 4 is 23.2 Å². The molecule has 4 heteroatoms. The van der Waals surface area contributed by atoms with Crippen molar-refractivity contribution < 1.29 is 4.74 Å². The highest BCUT2D eigenvalue weighted by atomic mass is 35.5. The van der Waals surface area contributed by atoms with Crippen molar-refractivity contribution in [1.29, 1.82) is 5.26 Å². The molecule has 84 valence electrons. The molecule has 0 saturated carbocycles. The van der Waals surface area contributed by atoms with Gasteiger partial charge in [-0.3, -0.25) is 0 Å². The molecule has 1 aromatic rings. The van der Waals surface area contributed by atoms with Crippen molar-refractivity contribution in [2.45, 2.75) is 25.2 Å². The molecule has 2 rings (SSSR count). The fourth-order valence-corrected chi connectivity index (χ4v) is 2.26. The van der Waals surface area contributed by atoms with Gasteiger partial charge in [0.05, 0.1) is 28.1 Å². The van der Waals surface area contributed by atoms with E-state index >= 15 is 0 Å². The van der Waals surface area contributed by atoms with Crippen molar-refractivity contribution in [1.82, 2.24) is 0 Å². The summed E-state index contributed by atoms with van der Waals surface area (Å²) in [6.45, 7) is 2.52. The molecular formula is C12H11Cl2NO. The molecule has 0 aromatic heterocycles. The predicted octanol–water partition coefficient (Wildman–Crippen LogP) is 3.95. The van der Waals surface area contributed by atoms with Crippen LogP contribution in [-0.2, 0) is 5.41 Å². The third-order valence-electron chi connectivity index (χ3n) is 2.94. The van der Waals surface area contributed by atoms with Gasteiger partial charge in [0.15, 0.2) is 0 Å². The quantitative estimate of drug-likeness (QED) is 0.704. The van der Waals surface area contributed by atoms with E-state index in [9.17, 15) is 5.26 Å². The van der Waals surface area contributed by atoms with Gasteiger partial charge in [-0.2, -0.15) is 5.26 Å². The molecule has 16 heavy (non-hydrogen) atoms. The summed E-state index contributed by atoms with van der Waals surface area (Å²) < 4.78 is 5.59. The van der Waals surface area contributed by atoms with Crippen molar-refractivity contribution in [3.05, 3.63) is 27.7 Å². The van der Waals surface area contributed by atoms with Crippen LogP contribution in [0.5, 0.6) is 5.75 Å². The molecule has 1 atom stereocenters. The zero-order valence-electron chi connectivity index (χ0n) is 8.89. The Kier molecular flexibility index (Phi) is 3.01. The summed E-state index contributed by atoms with van der Waals surface area (Å²) in [6.07, 6.45) is 1.63. The Morgan fingerprint density at radius 1 is 1.38 bits per heavy atom. The molecule has 0 spiro atoms. The molecule has 0 N–H and O–H groups in total. The first-order chi connectivity index (χ1) is 7.57. The molecule has 1 heterocycles. The van der Waals surface area contributed by atoms with Crippen LogP contribution >= 0.6 is 23.2 Å². The van der Waals surface area contributed by atoms with Gasteiger partial charge in [-0.05, 0) is 25.8 Å². The van der Waals surface area contributed by atoms with Crippen molar-refractivity contribution in [3.8, 4) is 11.8 Å². The van der Waals surface area contributed by atoms with Crippen LogP contribution in [0.3, 0.4) is 0 Å². The van der Waals surface area contributed by atoms with Crippen LogP contribution in [0.1, 0.15) is 25.3 Å². The summed E-state index contributed by atoms with van der Waals surface area (Å²) in [7, 11) is 0. The van der Waals surface area contributed by atoms with E-state index in [1.165, 1.54) is 0 Å². The van der Waals surface area contributed by atoms with Crippen LogP contribution in [0.4, 0.5) is 0 Å². The highest BCUT2D eigenvalue weighted by molar-refractivity contribution is 6.42. The standard InChI is InChI=1S/C12H11Cl2NO/c1-12(7-15)3-2-4-16-11-6-10(14)9(13)5-8(11)12/h5-6H,2-4H2,1H3. The number of halogens is 2. The number of hydrogen-bond acceptors (Lipinski definition) is 2. The van der Waals surface area contributed by atoms with Crippen LogP contribution in [0.2, 0.25) is 10.0 Å². The van der Waals surface area contributed by atoms with Crippen LogP contribution < -0.4 is 4.74 Å². The smallest absolute Gasteiger partial charge is 0.125 e. The first-order valence-electron chi connectivity index (χ1n) is 5.10. The summed E-state index contributed by atoms with van der Waals surface area (Å²) >= 11 is 11.9. The van der Waals surface area contributed by atoms with Crippen LogP contribution in [-0.4, -0.2) is 6.61 Å². The molecule has 2 nitrogen and oxygen atoms in total. The molecule has 1 aromatic carbocycles. The summed E-state index contributed by atoms with van der Waals surface area (Å²) in [4.78, 5) is 0. The minimum Gasteiger partial charge on any atom is -0.493 e. The molecular weight excluding hydrogens is 245 g/mol. The van der Waals surface area contributed by atoms with Gasteiger partial charge in [-0.15, -0.1) is 0 Å². The van der Waals surface area contributed by atoms with E-state index in [-0.39, 0.29) is 0 Å². The third kappa shape index (κ3) is 1.86. The van der Waals surface area contributed by atoms with E-state index in [0.717, 1.165) is 18.4 Å². The highest BCUT2D eigenvalue weighted by Crippen LogP contribution is 2.41. The minimum absolute atomic E-state index is 0.461.